The van der Waals surface area contributed by atoms with Crippen molar-refractivity contribution in [3.8, 4) is 0 Å². The van der Waals surface area contributed by atoms with Crippen molar-refractivity contribution in [1.82, 2.24) is 9.97 Å². The first-order valence-corrected chi connectivity index (χ1v) is 8.18. The van der Waals surface area contributed by atoms with Gasteiger partial charge in [-0.15, -0.1) is 11.3 Å². The normalized spacial score (nSPS) is 27.0. The first-order chi connectivity index (χ1) is 9.64. The largest absolute Gasteiger partial charge is 0.383 e. The Balaban J connectivity index is 2.04. The Bertz CT molecular complexity index is 602. The molecule has 20 heavy (non-hydrogen) atoms. The van der Waals surface area contributed by atoms with Gasteiger partial charge in [-0.3, -0.25) is 0 Å². The molecule has 0 bridgehead atoms. The van der Waals surface area contributed by atoms with Crippen LogP contribution in [-0.2, 0) is 10.3 Å². The number of aromatic nitrogens is 2. The van der Waals surface area contributed by atoms with Gasteiger partial charge in [0.15, 0.2) is 5.82 Å². The molecule has 0 amide bonds. The van der Waals surface area contributed by atoms with Gasteiger partial charge < -0.3 is 10.5 Å². The van der Waals surface area contributed by atoms with Crippen LogP contribution >= 0.6 is 11.3 Å². The van der Waals surface area contributed by atoms with Crippen LogP contribution in [-0.4, -0.2) is 16.6 Å². The summed E-state index contributed by atoms with van der Waals surface area (Å²) in [6, 6.07) is 1.98. The summed E-state index contributed by atoms with van der Waals surface area (Å²) >= 11 is 1.61. The maximum atomic E-state index is 6.11. The Kier molecular flexibility index (Phi) is 3.65. The van der Waals surface area contributed by atoms with Crippen LogP contribution in [0.25, 0.3) is 10.2 Å². The summed E-state index contributed by atoms with van der Waals surface area (Å²) in [5.74, 6) is 2.11. The van der Waals surface area contributed by atoms with E-state index in [1.54, 1.807) is 11.3 Å². The number of hydrogen-bond acceptors (Lipinski definition) is 5. The van der Waals surface area contributed by atoms with E-state index < -0.39 is 0 Å². The Morgan fingerprint density at radius 3 is 2.85 bits per heavy atom. The van der Waals surface area contributed by atoms with Crippen LogP contribution in [0.2, 0.25) is 0 Å². The number of hydrogen-bond donors (Lipinski definition) is 1. The fourth-order valence-corrected chi connectivity index (χ4v) is 3.79. The summed E-state index contributed by atoms with van der Waals surface area (Å²) < 4.78 is 6.11. The van der Waals surface area contributed by atoms with Crippen molar-refractivity contribution in [3.05, 3.63) is 17.3 Å². The van der Waals surface area contributed by atoms with Gasteiger partial charge in [0, 0.05) is 6.61 Å². The molecule has 4 nitrogen and oxygen atoms in total. The number of fused-ring (bicyclic) bond motifs is 1. The number of nitrogens with zero attached hydrogens (tertiary/aromatic N) is 2. The molecule has 5 heteroatoms. The monoisotopic (exact) mass is 291 g/mol. The minimum absolute atomic E-state index is 0.340. The number of anilines is 1. The highest BCUT2D eigenvalue weighted by molar-refractivity contribution is 7.16. The third-order valence-electron chi connectivity index (χ3n) is 4.26. The molecular formula is C15H21N3OS. The lowest BCUT2D eigenvalue weighted by molar-refractivity contribution is -0.0833. The van der Waals surface area contributed by atoms with Crippen LogP contribution in [0.5, 0.6) is 0 Å². The van der Waals surface area contributed by atoms with Crippen molar-refractivity contribution < 1.29 is 4.74 Å². The van der Waals surface area contributed by atoms with Crippen molar-refractivity contribution in [1.29, 1.82) is 0 Å². The summed E-state index contributed by atoms with van der Waals surface area (Å²) in [6.07, 6.45) is 4.29. The maximum absolute atomic E-state index is 6.11. The van der Waals surface area contributed by atoms with Crippen LogP contribution in [0, 0.1) is 5.92 Å². The minimum Gasteiger partial charge on any atom is -0.383 e. The topological polar surface area (TPSA) is 61.0 Å². The van der Waals surface area contributed by atoms with Crippen molar-refractivity contribution in [2.75, 3.05) is 12.3 Å². The fraction of sp³-hybridized carbons (Fsp3) is 0.600. The summed E-state index contributed by atoms with van der Waals surface area (Å²) in [6.45, 7) is 5.01. The molecule has 0 radical (unpaired) electrons. The molecule has 1 saturated carbocycles. The van der Waals surface area contributed by atoms with Crippen LogP contribution in [0.1, 0.15) is 45.4 Å². The molecule has 2 N–H and O–H groups in total. The minimum atomic E-state index is -0.340. The van der Waals surface area contributed by atoms with E-state index in [2.05, 4.69) is 11.9 Å². The Morgan fingerprint density at radius 2 is 2.15 bits per heavy atom. The van der Waals surface area contributed by atoms with Crippen LogP contribution in [0.15, 0.2) is 11.4 Å². The molecule has 0 saturated heterocycles. The molecule has 0 unspecified atom stereocenters. The van der Waals surface area contributed by atoms with Crippen LogP contribution < -0.4 is 5.73 Å². The number of thiophene rings is 1. The van der Waals surface area contributed by atoms with Crippen molar-refractivity contribution in [2.45, 2.75) is 45.1 Å². The zero-order valence-electron chi connectivity index (χ0n) is 12.1. The lowest BCUT2D eigenvalue weighted by Crippen LogP contribution is -2.36. The van der Waals surface area contributed by atoms with E-state index >= 15 is 0 Å². The number of ether oxygens (including phenoxy) is 1. The molecule has 1 aliphatic rings. The van der Waals surface area contributed by atoms with Gasteiger partial charge in [-0.2, -0.15) is 0 Å². The van der Waals surface area contributed by atoms with Crippen molar-refractivity contribution in [2.24, 2.45) is 5.92 Å². The Morgan fingerprint density at radius 1 is 1.40 bits per heavy atom. The predicted molar refractivity (Wildman–Crippen MR) is 82.8 cm³/mol. The van der Waals surface area contributed by atoms with Gasteiger partial charge in [-0.25, -0.2) is 9.97 Å². The molecular weight excluding hydrogens is 270 g/mol. The van der Waals surface area contributed by atoms with Gasteiger partial charge in [-0.1, -0.05) is 6.92 Å². The standard InChI is InChI=1S/C15H21N3OS/c1-3-19-15(7-4-10(2)5-8-15)14-17-12(16)11-6-9-20-13(11)18-14/h6,9-10H,3-5,7-8H2,1-2H3,(H2,16,17,18). The maximum Gasteiger partial charge on any atom is 0.164 e. The lowest BCUT2D eigenvalue weighted by atomic mass is 9.79. The molecule has 0 spiro atoms. The van der Waals surface area contributed by atoms with Crippen LogP contribution in [0.3, 0.4) is 0 Å². The van der Waals surface area contributed by atoms with E-state index in [1.165, 1.54) is 0 Å². The Labute approximate surface area is 123 Å². The summed E-state index contributed by atoms with van der Waals surface area (Å²) in [5, 5.41) is 2.96. The highest BCUT2D eigenvalue weighted by Gasteiger charge is 2.39. The zero-order valence-corrected chi connectivity index (χ0v) is 12.9. The average Bonchev–Trinajstić information content (AvgIpc) is 2.91. The summed E-state index contributed by atoms with van der Waals surface area (Å²) in [7, 11) is 0. The van der Waals surface area contributed by atoms with E-state index in [4.69, 9.17) is 15.5 Å². The van der Waals surface area contributed by atoms with Gasteiger partial charge in [-0.05, 0) is 50.0 Å². The molecule has 3 rings (SSSR count). The van der Waals surface area contributed by atoms with Gasteiger partial charge in [0.05, 0.1) is 5.39 Å². The molecule has 2 heterocycles. The molecule has 2 aromatic heterocycles. The predicted octanol–water partition coefficient (Wildman–Crippen LogP) is 3.72. The molecule has 108 valence electrons. The molecule has 0 aliphatic heterocycles. The molecule has 2 aromatic rings. The van der Waals surface area contributed by atoms with E-state index in [0.717, 1.165) is 47.6 Å². The zero-order chi connectivity index (χ0) is 14.2. The summed E-state index contributed by atoms with van der Waals surface area (Å²) in [5.41, 5.74) is 5.75. The lowest BCUT2D eigenvalue weighted by Gasteiger charge is -2.37. The molecule has 1 fully saturated rings. The molecule has 1 aliphatic carbocycles. The highest BCUT2D eigenvalue weighted by atomic mass is 32.1. The molecule has 0 atom stereocenters. The number of rotatable bonds is 3. The second-order valence-electron chi connectivity index (χ2n) is 5.68. The van der Waals surface area contributed by atoms with Gasteiger partial charge >= 0.3 is 0 Å². The van der Waals surface area contributed by atoms with E-state index in [-0.39, 0.29) is 5.60 Å². The first kappa shape index (κ1) is 13.8. The van der Waals surface area contributed by atoms with Crippen molar-refractivity contribution >= 4 is 27.4 Å². The second kappa shape index (κ2) is 5.30. The number of nitrogens with two attached hydrogens (primary N) is 1. The van der Waals surface area contributed by atoms with Crippen LogP contribution in [0.4, 0.5) is 5.82 Å². The smallest absolute Gasteiger partial charge is 0.164 e. The Hall–Kier alpha value is -1.20. The first-order valence-electron chi connectivity index (χ1n) is 7.30. The van der Waals surface area contributed by atoms with Gasteiger partial charge in [0.1, 0.15) is 16.2 Å². The molecule has 0 aromatic carbocycles. The fourth-order valence-electron chi connectivity index (χ4n) is 3.02. The van der Waals surface area contributed by atoms with E-state index in [1.807, 2.05) is 18.4 Å². The second-order valence-corrected chi connectivity index (χ2v) is 6.58. The average molecular weight is 291 g/mol. The van der Waals surface area contributed by atoms with Gasteiger partial charge in [0.25, 0.3) is 0 Å². The highest BCUT2D eigenvalue weighted by Crippen LogP contribution is 2.42. The third kappa shape index (κ3) is 2.29. The quantitative estimate of drug-likeness (QED) is 0.936. The third-order valence-corrected chi connectivity index (χ3v) is 5.07. The SMILES string of the molecule is CCOC1(c2nc(N)c3ccsc3n2)CCC(C)CC1. The van der Waals surface area contributed by atoms with Crippen molar-refractivity contribution in [3.63, 3.8) is 0 Å². The van der Waals surface area contributed by atoms with E-state index in [0.29, 0.717) is 12.4 Å². The van der Waals surface area contributed by atoms with E-state index in [9.17, 15) is 0 Å². The summed E-state index contributed by atoms with van der Waals surface area (Å²) in [4.78, 5) is 10.3. The number of nitrogen functional groups attached to an aromatic ring is 1. The van der Waals surface area contributed by atoms with Gasteiger partial charge in [0.2, 0.25) is 0 Å².